The van der Waals surface area contributed by atoms with E-state index in [1.807, 2.05) is 26.8 Å². The van der Waals surface area contributed by atoms with E-state index in [1.54, 1.807) is 10.6 Å². The maximum absolute atomic E-state index is 9.02. The molecule has 0 amide bonds. The van der Waals surface area contributed by atoms with Gasteiger partial charge in [-0.15, -0.1) is 0 Å². The Morgan fingerprint density at radius 2 is 2.12 bits per heavy atom. The molecule has 0 fully saturated rings. The first-order valence-electron chi connectivity index (χ1n) is 5.42. The molecule has 5 heteroatoms. The number of pyridine rings is 1. The van der Waals surface area contributed by atoms with Crippen LogP contribution in [0.25, 0.3) is 11.0 Å². The second-order valence-corrected chi connectivity index (χ2v) is 3.86. The quantitative estimate of drug-likeness (QED) is 0.800. The van der Waals surface area contributed by atoms with Gasteiger partial charge >= 0.3 is 0 Å². The Kier molecular flexibility index (Phi) is 2.64. The van der Waals surface area contributed by atoms with Gasteiger partial charge in [-0.3, -0.25) is 5.41 Å². The Labute approximate surface area is 98.9 Å². The molecule has 2 heterocycles. The van der Waals surface area contributed by atoms with E-state index in [0.29, 0.717) is 17.9 Å². The summed E-state index contributed by atoms with van der Waals surface area (Å²) >= 11 is 0. The van der Waals surface area contributed by atoms with Crippen molar-refractivity contribution < 1.29 is 0 Å². The molecule has 0 aliphatic carbocycles. The predicted octanol–water partition coefficient (Wildman–Crippen LogP) is 1.42. The average Bonchev–Trinajstić information content (AvgIpc) is 2.28. The van der Waals surface area contributed by atoms with Crippen molar-refractivity contribution in [3.8, 4) is 6.07 Å². The smallest absolute Gasteiger partial charge is 0.145 e. The van der Waals surface area contributed by atoms with Crippen LogP contribution in [0.2, 0.25) is 0 Å². The second kappa shape index (κ2) is 3.98. The topological polar surface area (TPSA) is 78.4 Å². The molecule has 0 unspecified atom stereocenters. The summed E-state index contributed by atoms with van der Waals surface area (Å²) in [4.78, 5) is 8.65. The standard InChI is InChI=1S/C12H13N5/c1-4-17-11(14)9(6-13)5-10-7(2)15-8(3)16-12(10)17/h5,14H,4H2,1-3H3. The van der Waals surface area contributed by atoms with Crippen LogP contribution >= 0.6 is 0 Å². The highest BCUT2D eigenvalue weighted by Gasteiger charge is 2.09. The Morgan fingerprint density at radius 1 is 1.41 bits per heavy atom. The summed E-state index contributed by atoms with van der Waals surface area (Å²) in [6, 6.07) is 3.73. The summed E-state index contributed by atoms with van der Waals surface area (Å²) in [6.07, 6.45) is 0. The molecule has 0 bridgehead atoms. The van der Waals surface area contributed by atoms with Crippen molar-refractivity contribution in [1.29, 1.82) is 10.7 Å². The van der Waals surface area contributed by atoms with E-state index < -0.39 is 0 Å². The number of aromatic nitrogens is 3. The number of aryl methyl sites for hydroxylation is 3. The molecule has 0 aromatic carbocycles. The van der Waals surface area contributed by atoms with Crippen molar-refractivity contribution in [2.24, 2.45) is 0 Å². The van der Waals surface area contributed by atoms with Crippen LogP contribution in [-0.4, -0.2) is 14.5 Å². The largest absolute Gasteiger partial charge is 0.310 e. The number of nitriles is 1. The van der Waals surface area contributed by atoms with E-state index in [4.69, 9.17) is 10.7 Å². The molecule has 0 atom stereocenters. The Morgan fingerprint density at radius 3 is 2.71 bits per heavy atom. The van der Waals surface area contributed by atoms with Gasteiger partial charge in [0, 0.05) is 11.9 Å². The predicted molar refractivity (Wildman–Crippen MR) is 63.2 cm³/mol. The van der Waals surface area contributed by atoms with Crippen molar-refractivity contribution in [3.05, 3.63) is 28.6 Å². The van der Waals surface area contributed by atoms with Crippen molar-refractivity contribution >= 4 is 11.0 Å². The lowest BCUT2D eigenvalue weighted by Crippen LogP contribution is -2.23. The first kappa shape index (κ1) is 11.3. The Balaban J connectivity index is 3.05. The minimum Gasteiger partial charge on any atom is -0.310 e. The van der Waals surface area contributed by atoms with Crippen LogP contribution in [0.1, 0.15) is 24.0 Å². The molecular formula is C12H13N5. The molecule has 2 aromatic rings. The zero-order chi connectivity index (χ0) is 12.6. The SMILES string of the molecule is CCn1c(=N)c(C#N)cc2c(C)nc(C)nc21. The lowest BCUT2D eigenvalue weighted by Gasteiger charge is -2.11. The first-order valence-corrected chi connectivity index (χ1v) is 5.42. The maximum atomic E-state index is 9.02. The fourth-order valence-corrected chi connectivity index (χ4v) is 1.94. The molecule has 0 radical (unpaired) electrons. The van der Waals surface area contributed by atoms with Gasteiger partial charge in [0.2, 0.25) is 0 Å². The van der Waals surface area contributed by atoms with Gasteiger partial charge < -0.3 is 4.57 Å². The van der Waals surface area contributed by atoms with Gasteiger partial charge in [0.15, 0.2) is 0 Å². The van der Waals surface area contributed by atoms with Gasteiger partial charge in [-0.2, -0.15) is 5.26 Å². The second-order valence-electron chi connectivity index (χ2n) is 3.86. The number of nitrogens with one attached hydrogen (secondary N) is 1. The van der Waals surface area contributed by atoms with Gasteiger partial charge in [0.25, 0.3) is 0 Å². The van der Waals surface area contributed by atoms with E-state index in [-0.39, 0.29) is 5.49 Å². The number of nitrogens with zero attached hydrogens (tertiary/aromatic N) is 4. The average molecular weight is 227 g/mol. The molecule has 17 heavy (non-hydrogen) atoms. The molecule has 0 aliphatic rings. The minimum atomic E-state index is 0.208. The van der Waals surface area contributed by atoms with E-state index in [0.717, 1.165) is 16.7 Å². The monoisotopic (exact) mass is 227 g/mol. The third kappa shape index (κ3) is 1.68. The summed E-state index contributed by atoms with van der Waals surface area (Å²) in [7, 11) is 0. The lowest BCUT2D eigenvalue weighted by atomic mass is 10.2. The van der Waals surface area contributed by atoms with Crippen molar-refractivity contribution in [1.82, 2.24) is 14.5 Å². The van der Waals surface area contributed by atoms with E-state index >= 15 is 0 Å². The van der Waals surface area contributed by atoms with Crippen LogP contribution in [0.4, 0.5) is 0 Å². The maximum Gasteiger partial charge on any atom is 0.145 e. The molecule has 0 spiro atoms. The fourth-order valence-electron chi connectivity index (χ4n) is 1.94. The molecule has 0 aliphatic heterocycles. The number of fused-ring (bicyclic) bond motifs is 1. The number of rotatable bonds is 1. The third-order valence-corrected chi connectivity index (χ3v) is 2.73. The van der Waals surface area contributed by atoms with E-state index in [1.165, 1.54) is 0 Å². The summed E-state index contributed by atoms with van der Waals surface area (Å²) in [5.41, 5.74) is 2.13. The zero-order valence-electron chi connectivity index (χ0n) is 10.1. The number of hydrogen-bond donors (Lipinski definition) is 1. The van der Waals surface area contributed by atoms with Crippen molar-refractivity contribution in [2.45, 2.75) is 27.3 Å². The lowest BCUT2D eigenvalue weighted by molar-refractivity contribution is 0.717. The highest BCUT2D eigenvalue weighted by Crippen LogP contribution is 2.14. The summed E-state index contributed by atoms with van der Waals surface area (Å²) in [5.74, 6) is 0.682. The van der Waals surface area contributed by atoms with Crippen LogP contribution in [0, 0.1) is 30.6 Å². The van der Waals surface area contributed by atoms with E-state index in [9.17, 15) is 0 Å². The summed E-state index contributed by atoms with van der Waals surface area (Å²) in [6.45, 7) is 6.27. The molecule has 1 N–H and O–H groups in total. The number of hydrogen-bond acceptors (Lipinski definition) is 4. The summed E-state index contributed by atoms with van der Waals surface area (Å²) in [5, 5.41) is 17.8. The van der Waals surface area contributed by atoms with Gasteiger partial charge in [-0.05, 0) is 26.8 Å². The fraction of sp³-hybridized carbons (Fsp3) is 0.333. The van der Waals surface area contributed by atoms with Crippen molar-refractivity contribution in [2.75, 3.05) is 0 Å². The van der Waals surface area contributed by atoms with Crippen LogP contribution in [0.15, 0.2) is 6.07 Å². The summed E-state index contributed by atoms with van der Waals surface area (Å²) < 4.78 is 1.73. The highest BCUT2D eigenvalue weighted by atomic mass is 15.1. The molecule has 5 nitrogen and oxygen atoms in total. The third-order valence-electron chi connectivity index (χ3n) is 2.73. The van der Waals surface area contributed by atoms with Crippen LogP contribution < -0.4 is 5.49 Å². The zero-order valence-corrected chi connectivity index (χ0v) is 10.1. The Hall–Kier alpha value is -2.22. The minimum absolute atomic E-state index is 0.208. The van der Waals surface area contributed by atoms with Crippen LogP contribution in [0.3, 0.4) is 0 Å². The molecule has 0 saturated heterocycles. The molecular weight excluding hydrogens is 214 g/mol. The van der Waals surface area contributed by atoms with Gasteiger partial charge in [0.1, 0.15) is 23.0 Å². The highest BCUT2D eigenvalue weighted by molar-refractivity contribution is 5.78. The molecule has 86 valence electrons. The van der Waals surface area contributed by atoms with Crippen molar-refractivity contribution in [3.63, 3.8) is 0 Å². The molecule has 2 rings (SSSR count). The van der Waals surface area contributed by atoms with E-state index in [2.05, 4.69) is 9.97 Å². The first-order chi connectivity index (χ1) is 8.08. The van der Waals surface area contributed by atoms with Crippen LogP contribution in [-0.2, 0) is 6.54 Å². The van der Waals surface area contributed by atoms with Gasteiger partial charge in [-0.25, -0.2) is 9.97 Å². The van der Waals surface area contributed by atoms with Crippen LogP contribution in [0.5, 0.6) is 0 Å². The van der Waals surface area contributed by atoms with Gasteiger partial charge in [0.05, 0.1) is 11.3 Å². The van der Waals surface area contributed by atoms with Gasteiger partial charge in [-0.1, -0.05) is 0 Å². The Bertz CT molecular complexity index is 691. The normalized spacial score (nSPS) is 10.5. The molecule has 0 saturated carbocycles. The molecule has 2 aromatic heterocycles.